The van der Waals surface area contributed by atoms with Gasteiger partial charge in [-0.3, -0.25) is 0 Å². The summed E-state index contributed by atoms with van der Waals surface area (Å²) < 4.78 is 1.06. The van der Waals surface area contributed by atoms with Crippen LogP contribution in [0.25, 0.3) is 0 Å². The van der Waals surface area contributed by atoms with Gasteiger partial charge >= 0.3 is 0 Å². The van der Waals surface area contributed by atoms with Crippen molar-refractivity contribution in [2.24, 2.45) is 5.92 Å². The molecular formula is C16H25BrN2. The van der Waals surface area contributed by atoms with E-state index < -0.39 is 0 Å². The molecular weight excluding hydrogens is 300 g/mol. The van der Waals surface area contributed by atoms with Crippen molar-refractivity contribution in [1.82, 2.24) is 0 Å². The van der Waals surface area contributed by atoms with Crippen LogP contribution in [0.4, 0.5) is 11.4 Å². The second-order valence-corrected chi connectivity index (χ2v) is 6.96. The first-order chi connectivity index (χ1) is 9.08. The Hall–Kier alpha value is -0.700. The van der Waals surface area contributed by atoms with Crippen LogP contribution in [-0.2, 0) is 0 Å². The SMILES string of the molecule is CC(C)CN(c1ccc(Br)cc1N)C1CCCCC1. The number of anilines is 2. The third-order valence-corrected chi connectivity index (χ3v) is 4.37. The Kier molecular flexibility index (Phi) is 5.14. The largest absolute Gasteiger partial charge is 0.397 e. The predicted octanol–water partition coefficient (Wildman–Crippen LogP) is 4.83. The van der Waals surface area contributed by atoms with Crippen molar-refractivity contribution in [2.75, 3.05) is 17.2 Å². The van der Waals surface area contributed by atoms with Gasteiger partial charge in [0, 0.05) is 17.1 Å². The highest BCUT2D eigenvalue weighted by molar-refractivity contribution is 9.10. The van der Waals surface area contributed by atoms with Gasteiger partial charge in [-0.1, -0.05) is 49.0 Å². The maximum absolute atomic E-state index is 6.23. The molecule has 1 fully saturated rings. The number of halogens is 1. The number of nitrogen functional groups attached to an aromatic ring is 1. The molecule has 0 bridgehead atoms. The fourth-order valence-corrected chi connectivity index (χ4v) is 3.40. The molecule has 1 aromatic rings. The Labute approximate surface area is 125 Å². The van der Waals surface area contributed by atoms with Gasteiger partial charge in [0.05, 0.1) is 11.4 Å². The van der Waals surface area contributed by atoms with Crippen LogP contribution in [-0.4, -0.2) is 12.6 Å². The highest BCUT2D eigenvalue weighted by Crippen LogP contribution is 2.33. The molecule has 0 amide bonds. The van der Waals surface area contributed by atoms with Gasteiger partial charge in [-0.05, 0) is 37.0 Å². The molecule has 0 aliphatic heterocycles. The van der Waals surface area contributed by atoms with Gasteiger partial charge in [0.2, 0.25) is 0 Å². The lowest BCUT2D eigenvalue weighted by atomic mass is 9.93. The first-order valence-electron chi connectivity index (χ1n) is 7.39. The normalized spacial score (nSPS) is 16.8. The van der Waals surface area contributed by atoms with Crippen molar-refractivity contribution >= 4 is 27.3 Å². The molecule has 0 radical (unpaired) electrons. The molecule has 19 heavy (non-hydrogen) atoms. The second kappa shape index (κ2) is 6.65. The molecule has 2 N–H and O–H groups in total. The van der Waals surface area contributed by atoms with Crippen LogP contribution in [0.5, 0.6) is 0 Å². The summed E-state index contributed by atoms with van der Waals surface area (Å²) in [4.78, 5) is 2.55. The quantitative estimate of drug-likeness (QED) is 0.804. The van der Waals surface area contributed by atoms with E-state index in [-0.39, 0.29) is 0 Å². The van der Waals surface area contributed by atoms with Gasteiger partial charge in [0.1, 0.15) is 0 Å². The van der Waals surface area contributed by atoms with Crippen LogP contribution in [0.15, 0.2) is 22.7 Å². The fourth-order valence-electron chi connectivity index (χ4n) is 3.02. The minimum absolute atomic E-state index is 0.657. The average Bonchev–Trinajstić information content (AvgIpc) is 2.37. The summed E-state index contributed by atoms with van der Waals surface area (Å²) in [6.07, 6.45) is 6.72. The summed E-state index contributed by atoms with van der Waals surface area (Å²) in [5.41, 5.74) is 8.33. The maximum Gasteiger partial charge on any atom is 0.0603 e. The molecule has 1 saturated carbocycles. The summed E-state index contributed by atoms with van der Waals surface area (Å²) in [5.74, 6) is 0.657. The van der Waals surface area contributed by atoms with Gasteiger partial charge < -0.3 is 10.6 Å². The second-order valence-electron chi connectivity index (χ2n) is 6.04. The molecule has 2 rings (SSSR count). The van der Waals surface area contributed by atoms with Crippen molar-refractivity contribution < 1.29 is 0 Å². The third-order valence-electron chi connectivity index (χ3n) is 3.88. The van der Waals surface area contributed by atoms with E-state index in [0.717, 1.165) is 16.7 Å². The Morgan fingerprint density at radius 2 is 1.95 bits per heavy atom. The van der Waals surface area contributed by atoms with Gasteiger partial charge in [-0.25, -0.2) is 0 Å². The van der Waals surface area contributed by atoms with Crippen molar-refractivity contribution in [3.63, 3.8) is 0 Å². The van der Waals surface area contributed by atoms with E-state index in [1.807, 2.05) is 6.07 Å². The lowest BCUT2D eigenvalue weighted by molar-refractivity contribution is 0.401. The average molecular weight is 325 g/mol. The number of hydrogen-bond donors (Lipinski definition) is 1. The predicted molar refractivity (Wildman–Crippen MR) is 87.6 cm³/mol. The molecule has 1 aromatic carbocycles. The lowest BCUT2D eigenvalue weighted by Gasteiger charge is -2.38. The van der Waals surface area contributed by atoms with Crippen molar-refractivity contribution in [3.8, 4) is 0 Å². The number of nitrogens with two attached hydrogens (primary N) is 1. The molecule has 2 nitrogen and oxygen atoms in total. The highest BCUT2D eigenvalue weighted by Gasteiger charge is 2.23. The Morgan fingerprint density at radius 3 is 2.53 bits per heavy atom. The molecule has 0 atom stereocenters. The van der Waals surface area contributed by atoms with Gasteiger partial charge in [-0.15, -0.1) is 0 Å². The van der Waals surface area contributed by atoms with Crippen LogP contribution < -0.4 is 10.6 Å². The van der Waals surface area contributed by atoms with E-state index in [1.54, 1.807) is 0 Å². The van der Waals surface area contributed by atoms with Crippen molar-refractivity contribution in [2.45, 2.75) is 52.0 Å². The van der Waals surface area contributed by atoms with Crippen molar-refractivity contribution in [1.29, 1.82) is 0 Å². The van der Waals surface area contributed by atoms with E-state index in [1.165, 1.54) is 37.8 Å². The minimum Gasteiger partial charge on any atom is -0.397 e. The first kappa shape index (κ1) is 14.7. The molecule has 0 unspecified atom stereocenters. The highest BCUT2D eigenvalue weighted by atomic mass is 79.9. The van der Waals surface area contributed by atoms with E-state index in [4.69, 9.17) is 5.73 Å². The molecule has 0 aromatic heterocycles. The minimum atomic E-state index is 0.657. The molecule has 0 spiro atoms. The number of rotatable bonds is 4. The fraction of sp³-hybridized carbons (Fsp3) is 0.625. The third kappa shape index (κ3) is 3.88. The zero-order valence-electron chi connectivity index (χ0n) is 12.0. The standard InChI is InChI=1S/C16H25BrN2/c1-12(2)11-19(14-6-4-3-5-7-14)16-9-8-13(17)10-15(16)18/h8-10,12,14H,3-7,11,18H2,1-2H3. The maximum atomic E-state index is 6.23. The molecule has 1 aliphatic carbocycles. The number of hydrogen-bond acceptors (Lipinski definition) is 2. The Bertz CT molecular complexity index is 411. The van der Waals surface area contributed by atoms with Gasteiger partial charge in [0.15, 0.2) is 0 Å². The number of benzene rings is 1. The summed E-state index contributed by atoms with van der Waals surface area (Å²) >= 11 is 3.49. The van der Waals surface area contributed by atoms with Crippen LogP contribution in [0.3, 0.4) is 0 Å². The monoisotopic (exact) mass is 324 g/mol. The Morgan fingerprint density at radius 1 is 1.26 bits per heavy atom. The topological polar surface area (TPSA) is 29.3 Å². The molecule has 0 saturated heterocycles. The molecule has 106 valence electrons. The van der Waals surface area contributed by atoms with E-state index in [9.17, 15) is 0 Å². The van der Waals surface area contributed by atoms with Gasteiger partial charge in [-0.2, -0.15) is 0 Å². The number of nitrogens with zero attached hydrogens (tertiary/aromatic N) is 1. The molecule has 1 aliphatic rings. The van der Waals surface area contributed by atoms with Crippen LogP contribution >= 0.6 is 15.9 Å². The summed E-state index contributed by atoms with van der Waals surface area (Å²) in [6, 6.07) is 6.95. The molecule has 0 heterocycles. The Balaban J connectivity index is 2.25. The smallest absolute Gasteiger partial charge is 0.0603 e. The summed E-state index contributed by atoms with van der Waals surface area (Å²) in [6.45, 7) is 5.66. The van der Waals surface area contributed by atoms with Crippen molar-refractivity contribution in [3.05, 3.63) is 22.7 Å². The van der Waals surface area contributed by atoms with E-state index >= 15 is 0 Å². The molecule has 3 heteroatoms. The zero-order valence-corrected chi connectivity index (χ0v) is 13.6. The lowest BCUT2D eigenvalue weighted by Crippen LogP contribution is -2.39. The van der Waals surface area contributed by atoms with Crippen LogP contribution in [0, 0.1) is 5.92 Å². The van der Waals surface area contributed by atoms with Gasteiger partial charge in [0.25, 0.3) is 0 Å². The van der Waals surface area contributed by atoms with E-state index in [0.29, 0.717) is 12.0 Å². The van der Waals surface area contributed by atoms with Crippen LogP contribution in [0.1, 0.15) is 46.0 Å². The first-order valence-corrected chi connectivity index (χ1v) is 8.19. The summed E-state index contributed by atoms with van der Waals surface area (Å²) in [5, 5.41) is 0. The van der Waals surface area contributed by atoms with E-state index in [2.05, 4.69) is 46.8 Å². The van der Waals surface area contributed by atoms with Crippen LogP contribution in [0.2, 0.25) is 0 Å². The zero-order chi connectivity index (χ0) is 13.8. The summed E-state index contributed by atoms with van der Waals surface area (Å²) in [7, 11) is 0.